The molecule has 0 bridgehead atoms. The zero-order valence-electron chi connectivity index (χ0n) is 10.8. The molecule has 0 saturated carbocycles. The van der Waals surface area contributed by atoms with Crippen LogP contribution in [0.1, 0.15) is 13.3 Å². The zero-order chi connectivity index (χ0) is 14.6. The maximum Gasteiger partial charge on any atom is 0.341 e. The van der Waals surface area contributed by atoms with Gasteiger partial charge in [0.1, 0.15) is 0 Å². The zero-order valence-corrected chi connectivity index (χ0v) is 11.6. The molecule has 4 nitrogen and oxygen atoms in total. The highest BCUT2D eigenvalue weighted by molar-refractivity contribution is 7.91. The Balaban J connectivity index is 2.82. The average molecular weight is 293 g/mol. The number of hydrogen-bond acceptors (Lipinski definition) is 4. The molecule has 108 valence electrons. The fourth-order valence-electron chi connectivity index (χ4n) is 1.50. The molecular weight excluding hydrogens is 276 g/mol. The van der Waals surface area contributed by atoms with Gasteiger partial charge in [0.25, 0.3) is 0 Å². The van der Waals surface area contributed by atoms with E-state index in [1.165, 1.54) is 12.1 Å². The summed E-state index contributed by atoms with van der Waals surface area (Å²) < 4.78 is 47.1. The normalized spacial score (nSPS) is 13.6. The average Bonchev–Trinajstić information content (AvgIpc) is 2.35. The van der Waals surface area contributed by atoms with E-state index in [1.54, 1.807) is 14.0 Å². The lowest BCUT2D eigenvalue weighted by molar-refractivity contribution is 0.187. The van der Waals surface area contributed by atoms with Crippen molar-refractivity contribution in [2.75, 3.05) is 18.5 Å². The van der Waals surface area contributed by atoms with E-state index in [0.29, 0.717) is 18.7 Å². The summed E-state index contributed by atoms with van der Waals surface area (Å²) in [5.74, 6) is -3.41. The number of nitrogens with zero attached hydrogens (tertiary/aromatic N) is 1. The summed E-state index contributed by atoms with van der Waals surface area (Å²) in [5, 5.41) is 9.17. The number of benzene rings is 1. The van der Waals surface area contributed by atoms with Crippen LogP contribution in [0, 0.1) is 0 Å². The SMILES string of the molecule is CC(O)CCN(C)c1ccc(S(=O)(=O)C(F)F)cc1. The van der Waals surface area contributed by atoms with Gasteiger partial charge in [-0.2, -0.15) is 8.78 Å². The monoisotopic (exact) mass is 293 g/mol. The van der Waals surface area contributed by atoms with Gasteiger partial charge in [-0.1, -0.05) is 0 Å². The van der Waals surface area contributed by atoms with Crippen molar-refractivity contribution in [1.29, 1.82) is 0 Å². The molecule has 1 atom stereocenters. The number of aliphatic hydroxyl groups excluding tert-OH is 1. The van der Waals surface area contributed by atoms with E-state index in [1.807, 2.05) is 4.90 Å². The van der Waals surface area contributed by atoms with Crippen molar-refractivity contribution in [3.63, 3.8) is 0 Å². The second-order valence-corrected chi connectivity index (χ2v) is 6.28. The second-order valence-electron chi connectivity index (χ2n) is 4.36. The molecular formula is C12H17F2NO3S. The Bertz CT molecular complexity index is 500. The van der Waals surface area contributed by atoms with Crippen molar-refractivity contribution in [1.82, 2.24) is 0 Å². The maximum atomic E-state index is 12.3. The summed E-state index contributed by atoms with van der Waals surface area (Å²) in [6.45, 7) is 2.25. The Morgan fingerprint density at radius 2 is 1.79 bits per heavy atom. The quantitative estimate of drug-likeness (QED) is 0.870. The predicted octanol–water partition coefficient (Wildman–Crippen LogP) is 1.89. The van der Waals surface area contributed by atoms with Crippen LogP contribution in [-0.4, -0.2) is 39.0 Å². The Kier molecular flexibility index (Phi) is 5.25. The number of halogens is 2. The molecule has 1 unspecified atom stereocenters. The van der Waals surface area contributed by atoms with Crippen LogP contribution >= 0.6 is 0 Å². The minimum atomic E-state index is -4.54. The summed E-state index contributed by atoms with van der Waals surface area (Å²) in [5.41, 5.74) is 0.703. The molecule has 1 rings (SSSR count). The molecule has 0 saturated heterocycles. The molecule has 0 aliphatic rings. The lowest BCUT2D eigenvalue weighted by Crippen LogP contribution is -2.21. The fraction of sp³-hybridized carbons (Fsp3) is 0.500. The van der Waals surface area contributed by atoms with E-state index in [2.05, 4.69) is 0 Å². The van der Waals surface area contributed by atoms with Crippen molar-refractivity contribution >= 4 is 15.5 Å². The van der Waals surface area contributed by atoms with Crippen LogP contribution in [0.4, 0.5) is 14.5 Å². The highest BCUT2D eigenvalue weighted by Crippen LogP contribution is 2.21. The number of alkyl halides is 2. The van der Waals surface area contributed by atoms with Crippen LogP contribution in [0.25, 0.3) is 0 Å². The molecule has 0 heterocycles. The van der Waals surface area contributed by atoms with Crippen molar-refractivity contribution in [3.05, 3.63) is 24.3 Å². The molecule has 0 fully saturated rings. The Morgan fingerprint density at radius 1 is 1.26 bits per heavy atom. The van der Waals surface area contributed by atoms with E-state index in [4.69, 9.17) is 0 Å². The van der Waals surface area contributed by atoms with E-state index in [-0.39, 0.29) is 0 Å². The van der Waals surface area contributed by atoms with Gasteiger partial charge >= 0.3 is 5.76 Å². The van der Waals surface area contributed by atoms with Gasteiger partial charge in [-0.15, -0.1) is 0 Å². The Labute approximate surface area is 111 Å². The molecule has 0 aliphatic heterocycles. The summed E-state index contributed by atoms with van der Waals surface area (Å²) in [7, 11) is -2.76. The third kappa shape index (κ3) is 4.14. The summed E-state index contributed by atoms with van der Waals surface area (Å²) >= 11 is 0. The number of hydrogen-bond donors (Lipinski definition) is 1. The number of sulfone groups is 1. The first-order valence-electron chi connectivity index (χ1n) is 5.76. The minimum absolute atomic E-state index is 0.393. The van der Waals surface area contributed by atoms with Gasteiger partial charge < -0.3 is 10.0 Å². The van der Waals surface area contributed by atoms with Crippen molar-refractivity contribution in [2.45, 2.75) is 30.1 Å². The second kappa shape index (κ2) is 6.29. The first-order chi connectivity index (χ1) is 8.75. The first kappa shape index (κ1) is 15.8. The lowest BCUT2D eigenvalue weighted by atomic mass is 10.2. The third-order valence-electron chi connectivity index (χ3n) is 2.72. The molecule has 0 amide bonds. The number of aliphatic hydroxyl groups is 1. The standard InChI is InChI=1S/C12H17F2NO3S/c1-9(16)7-8-15(2)10-3-5-11(6-4-10)19(17,18)12(13)14/h3-6,9,12,16H,7-8H2,1-2H3. The maximum absolute atomic E-state index is 12.3. The summed E-state index contributed by atoms with van der Waals surface area (Å²) in [4.78, 5) is 1.42. The molecule has 1 aromatic rings. The van der Waals surface area contributed by atoms with Crippen LogP contribution < -0.4 is 4.90 Å². The largest absolute Gasteiger partial charge is 0.393 e. The lowest BCUT2D eigenvalue weighted by Gasteiger charge is -2.20. The predicted molar refractivity (Wildman–Crippen MR) is 69.2 cm³/mol. The van der Waals surface area contributed by atoms with Crippen LogP contribution in [0.15, 0.2) is 29.2 Å². The Morgan fingerprint density at radius 3 is 2.21 bits per heavy atom. The molecule has 7 heteroatoms. The molecule has 1 aromatic carbocycles. The highest BCUT2D eigenvalue weighted by atomic mass is 32.2. The number of rotatable bonds is 6. The first-order valence-corrected chi connectivity index (χ1v) is 7.31. The van der Waals surface area contributed by atoms with E-state index < -0.39 is 26.6 Å². The van der Waals surface area contributed by atoms with E-state index in [9.17, 15) is 22.3 Å². The molecule has 19 heavy (non-hydrogen) atoms. The molecule has 0 spiro atoms. The summed E-state index contributed by atoms with van der Waals surface area (Å²) in [6, 6.07) is 5.26. The third-order valence-corrected chi connectivity index (χ3v) is 4.12. The van der Waals surface area contributed by atoms with Gasteiger partial charge in [0.15, 0.2) is 0 Å². The Hall–Kier alpha value is -1.21. The minimum Gasteiger partial charge on any atom is -0.393 e. The van der Waals surface area contributed by atoms with Gasteiger partial charge in [-0.25, -0.2) is 8.42 Å². The number of anilines is 1. The smallest absolute Gasteiger partial charge is 0.341 e. The summed E-state index contributed by atoms with van der Waals surface area (Å²) in [6.07, 6.45) is 0.133. The van der Waals surface area contributed by atoms with Crippen LogP contribution in [0.5, 0.6) is 0 Å². The molecule has 0 radical (unpaired) electrons. The van der Waals surface area contributed by atoms with Gasteiger partial charge in [0.2, 0.25) is 9.84 Å². The van der Waals surface area contributed by atoms with Gasteiger partial charge in [-0.05, 0) is 37.6 Å². The van der Waals surface area contributed by atoms with Gasteiger partial charge in [0.05, 0.1) is 11.0 Å². The van der Waals surface area contributed by atoms with Crippen molar-refractivity contribution in [2.24, 2.45) is 0 Å². The van der Waals surface area contributed by atoms with Crippen molar-refractivity contribution < 1.29 is 22.3 Å². The van der Waals surface area contributed by atoms with Crippen LogP contribution in [-0.2, 0) is 9.84 Å². The molecule has 0 aliphatic carbocycles. The molecule has 0 aromatic heterocycles. The topological polar surface area (TPSA) is 57.6 Å². The van der Waals surface area contributed by atoms with Crippen LogP contribution in [0.2, 0.25) is 0 Å². The molecule has 1 N–H and O–H groups in total. The van der Waals surface area contributed by atoms with E-state index in [0.717, 1.165) is 12.1 Å². The van der Waals surface area contributed by atoms with Gasteiger partial charge in [0, 0.05) is 19.3 Å². The highest BCUT2D eigenvalue weighted by Gasteiger charge is 2.26. The van der Waals surface area contributed by atoms with Crippen LogP contribution in [0.3, 0.4) is 0 Å². The van der Waals surface area contributed by atoms with Gasteiger partial charge in [-0.3, -0.25) is 0 Å². The fourth-order valence-corrected chi connectivity index (χ4v) is 2.22. The van der Waals surface area contributed by atoms with Crippen molar-refractivity contribution in [3.8, 4) is 0 Å². The van der Waals surface area contributed by atoms with E-state index >= 15 is 0 Å².